The standard InChI is InChI=1S/C30H25Cl3N2O4/c1-6-38-29(37)16-8-7-15-9-10-18-20(14-35(5)26(18)19(15)11-16)27(36)24-25(34-39-28(24)30(2,3)4)23-21(32)12-17(31)13-22(23)33/h7-14H,6H2,1-5H3. The van der Waals surface area contributed by atoms with Crippen LogP contribution in [0.15, 0.2) is 53.2 Å². The monoisotopic (exact) mass is 582 g/mol. The number of fused-ring (bicyclic) bond motifs is 3. The van der Waals surface area contributed by atoms with E-state index in [1.807, 2.05) is 50.6 Å². The van der Waals surface area contributed by atoms with Crippen molar-refractivity contribution >= 4 is 68.2 Å². The molecule has 0 radical (unpaired) electrons. The molecule has 200 valence electrons. The summed E-state index contributed by atoms with van der Waals surface area (Å²) in [5.74, 6) is -0.278. The predicted octanol–water partition coefficient (Wildman–Crippen LogP) is 8.65. The fourth-order valence-electron chi connectivity index (χ4n) is 4.84. The highest BCUT2D eigenvalue weighted by molar-refractivity contribution is 6.42. The largest absolute Gasteiger partial charge is 0.462 e. The van der Waals surface area contributed by atoms with Crippen molar-refractivity contribution in [2.24, 2.45) is 7.05 Å². The number of benzene rings is 3. The van der Waals surface area contributed by atoms with Crippen LogP contribution in [-0.2, 0) is 17.2 Å². The van der Waals surface area contributed by atoms with Crippen LogP contribution in [0, 0.1) is 0 Å². The Bertz CT molecular complexity index is 1770. The molecular weight excluding hydrogens is 559 g/mol. The molecule has 0 atom stereocenters. The minimum atomic E-state index is -0.548. The van der Waals surface area contributed by atoms with E-state index in [0.29, 0.717) is 27.5 Å². The second-order valence-electron chi connectivity index (χ2n) is 10.3. The van der Waals surface area contributed by atoms with Gasteiger partial charge in [0.25, 0.3) is 0 Å². The van der Waals surface area contributed by atoms with E-state index >= 15 is 0 Å². The summed E-state index contributed by atoms with van der Waals surface area (Å²) in [5.41, 5.74) is 2.05. The minimum Gasteiger partial charge on any atom is -0.462 e. The molecule has 6 nitrogen and oxygen atoms in total. The number of carbonyl (C=O) groups is 2. The van der Waals surface area contributed by atoms with E-state index in [-0.39, 0.29) is 33.7 Å². The maximum atomic E-state index is 14.4. The van der Waals surface area contributed by atoms with Gasteiger partial charge in [-0.1, -0.05) is 78.9 Å². The Balaban J connectivity index is 1.75. The lowest BCUT2D eigenvalue weighted by Crippen LogP contribution is -2.16. The smallest absolute Gasteiger partial charge is 0.338 e. The third kappa shape index (κ3) is 4.71. The number of hydrogen-bond acceptors (Lipinski definition) is 5. The molecule has 5 rings (SSSR count). The topological polar surface area (TPSA) is 74.3 Å². The Hall–Kier alpha value is -3.32. The minimum absolute atomic E-state index is 0.249. The molecule has 0 aliphatic carbocycles. The fourth-order valence-corrected chi connectivity index (χ4v) is 5.83. The quantitative estimate of drug-likeness (QED) is 0.153. The first-order valence-electron chi connectivity index (χ1n) is 12.3. The first-order valence-corrected chi connectivity index (χ1v) is 13.4. The number of hydrogen-bond donors (Lipinski definition) is 0. The van der Waals surface area contributed by atoms with E-state index in [1.54, 1.807) is 37.4 Å². The molecule has 0 unspecified atom stereocenters. The molecule has 0 amide bonds. The number of halogens is 3. The fraction of sp³-hybridized carbons (Fsp3) is 0.233. The molecule has 0 bridgehead atoms. The molecule has 9 heteroatoms. The van der Waals surface area contributed by atoms with E-state index in [2.05, 4.69) is 5.16 Å². The average Bonchev–Trinajstić information content (AvgIpc) is 3.45. The van der Waals surface area contributed by atoms with Gasteiger partial charge in [0.15, 0.2) is 5.76 Å². The van der Waals surface area contributed by atoms with E-state index in [9.17, 15) is 9.59 Å². The number of ketones is 1. The van der Waals surface area contributed by atoms with E-state index < -0.39 is 11.4 Å². The third-order valence-electron chi connectivity index (χ3n) is 6.56. The van der Waals surface area contributed by atoms with Crippen molar-refractivity contribution in [3.63, 3.8) is 0 Å². The Kier molecular flexibility index (Phi) is 7.00. The molecule has 0 aliphatic rings. The molecule has 0 N–H and O–H groups in total. The van der Waals surface area contributed by atoms with Crippen molar-refractivity contribution in [1.82, 2.24) is 9.72 Å². The SMILES string of the molecule is CCOC(=O)c1ccc2ccc3c(C(=O)c4c(-c5c(Cl)cc(Cl)cc5Cl)noc4C(C)(C)C)cn(C)c3c2c1. The lowest BCUT2D eigenvalue weighted by atomic mass is 9.86. The van der Waals surface area contributed by atoms with Crippen molar-refractivity contribution in [1.29, 1.82) is 0 Å². The van der Waals surface area contributed by atoms with Crippen LogP contribution in [0.2, 0.25) is 15.1 Å². The maximum Gasteiger partial charge on any atom is 0.338 e. The lowest BCUT2D eigenvalue weighted by molar-refractivity contribution is 0.0526. The van der Waals surface area contributed by atoms with Gasteiger partial charge in [-0.2, -0.15) is 0 Å². The van der Waals surface area contributed by atoms with Gasteiger partial charge >= 0.3 is 5.97 Å². The summed E-state index contributed by atoms with van der Waals surface area (Å²) < 4.78 is 12.8. The first kappa shape index (κ1) is 27.3. The van der Waals surface area contributed by atoms with E-state index in [4.69, 9.17) is 44.1 Å². The van der Waals surface area contributed by atoms with Crippen molar-refractivity contribution in [3.05, 3.63) is 86.2 Å². The number of esters is 1. The van der Waals surface area contributed by atoms with Crippen LogP contribution in [0.4, 0.5) is 0 Å². The van der Waals surface area contributed by atoms with Crippen LogP contribution in [0.1, 0.15) is 59.7 Å². The molecule has 5 aromatic rings. The summed E-state index contributed by atoms with van der Waals surface area (Å²) in [6.45, 7) is 7.86. The van der Waals surface area contributed by atoms with Gasteiger partial charge in [0.1, 0.15) is 5.69 Å². The van der Waals surface area contributed by atoms with Crippen LogP contribution in [0.3, 0.4) is 0 Å². The van der Waals surface area contributed by atoms with Crippen LogP contribution in [0.25, 0.3) is 32.9 Å². The Morgan fingerprint density at radius 2 is 1.67 bits per heavy atom. The maximum absolute atomic E-state index is 14.4. The molecule has 3 aromatic carbocycles. The first-order chi connectivity index (χ1) is 18.4. The summed E-state index contributed by atoms with van der Waals surface area (Å²) in [7, 11) is 1.86. The normalized spacial score (nSPS) is 11.9. The van der Waals surface area contributed by atoms with Crippen molar-refractivity contribution in [2.45, 2.75) is 33.1 Å². The summed E-state index contributed by atoms with van der Waals surface area (Å²) >= 11 is 19.2. The van der Waals surface area contributed by atoms with Crippen molar-refractivity contribution in [3.8, 4) is 11.3 Å². The molecule has 0 aliphatic heterocycles. The van der Waals surface area contributed by atoms with Gasteiger partial charge in [-0.05, 0) is 36.6 Å². The molecule has 2 aromatic heterocycles. The number of nitrogens with zero attached hydrogens (tertiary/aromatic N) is 2. The lowest BCUT2D eigenvalue weighted by Gasteiger charge is -2.16. The van der Waals surface area contributed by atoms with Crippen LogP contribution in [0.5, 0.6) is 0 Å². The zero-order chi connectivity index (χ0) is 28.2. The summed E-state index contributed by atoms with van der Waals surface area (Å²) in [6.07, 6.45) is 1.78. The van der Waals surface area contributed by atoms with Gasteiger partial charge in [0, 0.05) is 45.6 Å². The van der Waals surface area contributed by atoms with Gasteiger partial charge in [0.05, 0.1) is 33.3 Å². The molecule has 0 spiro atoms. The Labute approximate surface area is 240 Å². The second-order valence-corrected chi connectivity index (χ2v) is 11.6. The highest BCUT2D eigenvalue weighted by atomic mass is 35.5. The highest BCUT2D eigenvalue weighted by Gasteiger charge is 2.34. The summed E-state index contributed by atoms with van der Waals surface area (Å²) in [6, 6.07) is 12.3. The van der Waals surface area contributed by atoms with Gasteiger partial charge < -0.3 is 13.8 Å². The van der Waals surface area contributed by atoms with Crippen LogP contribution < -0.4 is 0 Å². The van der Waals surface area contributed by atoms with Crippen LogP contribution >= 0.6 is 34.8 Å². The second kappa shape index (κ2) is 10.0. The zero-order valence-electron chi connectivity index (χ0n) is 22.0. The predicted molar refractivity (Wildman–Crippen MR) is 155 cm³/mol. The number of aryl methyl sites for hydroxylation is 1. The molecule has 0 saturated carbocycles. The molecule has 2 heterocycles. The van der Waals surface area contributed by atoms with Gasteiger partial charge in [-0.15, -0.1) is 0 Å². The van der Waals surface area contributed by atoms with Gasteiger partial charge in [-0.3, -0.25) is 4.79 Å². The molecule has 0 fully saturated rings. The summed E-state index contributed by atoms with van der Waals surface area (Å²) in [5, 5.41) is 7.62. The van der Waals surface area contributed by atoms with E-state index in [0.717, 1.165) is 21.7 Å². The molecular formula is C30H25Cl3N2O4. The number of carbonyl (C=O) groups excluding carboxylic acids is 2. The number of ether oxygens (including phenoxy) is 1. The Morgan fingerprint density at radius 3 is 2.31 bits per heavy atom. The number of rotatable bonds is 5. The Morgan fingerprint density at radius 1 is 1.00 bits per heavy atom. The summed E-state index contributed by atoms with van der Waals surface area (Å²) in [4.78, 5) is 26.8. The van der Waals surface area contributed by atoms with Gasteiger partial charge in [0.2, 0.25) is 5.78 Å². The number of aromatic nitrogens is 2. The highest BCUT2D eigenvalue weighted by Crippen LogP contribution is 2.43. The van der Waals surface area contributed by atoms with Gasteiger partial charge in [-0.25, -0.2) is 4.79 Å². The zero-order valence-corrected chi connectivity index (χ0v) is 24.3. The molecule has 39 heavy (non-hydrogen) atoms. The third-order valence-corrected chi connectivity index (χ3v) is 7.37. The van der Waals surface area contributed by atoms with Crippen molar-refractivity contribution in [2.75, 3.05) is 6.61 Å². The molecule has 0 saturated heterocycles. The van der Waals surface area contributed by atoms with Crippen molar-refractivity contribution < 1.29 is 18.8 Å². The van der Waals surface area contributed by atoms with E-state index in [1.165, 1.54) is 0 Å². The average molecular weight is 584 g/mol. The van der Waals surface area contributed by atoms with Crippen LogP contribution in [-0.4, -0.2) is 28.1 Å².